The summed E-state index contributed by atoms with van der Waals surface area (Å²) in [6, 6.07) is 15.4. The zero-order valence-electron chi connectivity index (χ0n) is 19.0. The summed E-state index contributed by atoms with van der Waals surface area (Å²) in [5.41, 5.74) is 2.58. The van der Waals surface area contributed by atoms with E-state index in [9.17, 15) is 9.59 Å². The van der Waals surface area contributed by atoms with E-state index in [1.807, 2.05) is 11.3 Å². The van der Waals surface area contributed by atoms with Crippen LogP contribution in [0.15, 0.2) is 36.4 Å². The number of carbonyl (C=O) groups is 2. The number of nitrogens with zero attached hydrogens (tertiary/aromatic N) is 2. The largest absolute Gasteiger partial charge is 0.365 e. The quantitative estimate of drug-likeness (QED) is 0.456. The Morgan fingerprint density at radius 1 is 0.606 bits per heavy atom. The normalized spacial score (nSPS) is 29.8. The summed E-state index contributed by atoms with van der Waals surface area (Å²) >= 11 is 1.89. The number of fused-ring (bicyclic) bond motifs is 7. The molecule has 0 unspecified atom stereocenters. The molecule has 4 atom stereocenters. The maximum absolute atomic E-state index is 12.2. The fourth-order valence-corrected chi connectivity index (χ4v) is 8.44. The summed E-state index contributed by atoms with van der Waals surface area (Å²) < 4.78 is 2.67. The van der Waals surface area contributed by atoms with Crippen LogP contribution >= 0.6 is 11.3 Å². The van der Waals surface area contributed by atoms with Gasteiger partial charge in [0.15, 0.2) is 0 Å². The van der Waals surface area contributed by atoms with Crippen LogP contribution in [0.3, 0.4) is 0 Å². The molecular weight excluding hydrogens is 428 g/mol. The van der Waals surface area contributed by atoms with E-state index in [0.717, 1.165) is 25.7 Å². The molecule has 170 valence electrons. The van der Waals surface area contributed by atoms with Crippen molar-refractivity contribution in [1.82, 2.24) is 0 Å². The van der Waals surface area contributed by atoms with Gasteiger partial charge >= 0.3 is 0 Å². The van der Waals surface area contributed by atoms with Crippen LogP contribution in [0.1, 0.15) is 64.2 Å². The Morgan fingerprint density at radius 3 is 1.39 bits per heavy atom. The van der Waals surface area contributed by atoms with Crippen molar-refractivity contribution in [3.8, 4) is 0 Å². The smallest absolute Gasteiger partial charge is 0.137 e. The van der Waals surface area contributed by atoms with Gasteiger partial charge in [-0.1, -0.05) is 12.1 Å². The average Bonchev–Trinajstić information content (AvgIpc) is 3.14. The first-order valence-corrected chi connectivity index (χ1v) is 13.5. The summed E-state index contributed by atoms with van der Waals surface area (Å²) in [6.45, 7) is 0. The van der Waals surface area contributed by atoms with Crippen LogP contribution in [-0.4, -0.2) is 35.7 Å². The number of anilines is 2. The third-order valence-electron chi connectivity index (χ3n) is 8.61. The van der Waals surface area contributed by atoms with Crippen molar-refractivity contribution in [2.75, 3.05) is 9.80 Å². The molecule has 0 saturated carbocycles. The molecule has 0 aliphatic carbocycles. The summed E-state index contributed by atoms with van der Waals surface area (Å²) in [5, 5.41) is 2.66. The molecule has 7 rings (SSSR count). The number of thiophene rings is 1. The number of rotatable bonds is 2. The minimum Gasteiger partial charge on any atom is -0.365 e. The molecule has 2 aromatic carbocycles. The molecule has 4 nitrogen and oxygen atoms in total. The minimum atomic E-state index is 0.379. The van der Waals surface area contributed by atoms with Gasteiger partial charge in [-0.05, 0) is 62.8 Å². The first kappa shape index (κ1) is 20.0. The van der Waals surface area contributed by atoms with E-state index < -0.39 is 0 Å². The van der Waals surface area contributed by atoms with Crippen LogP contribution < -0.4 is 9.80 Å². The highest BCUT2D eigenvalue weighted by atomic mass is 32.1. The van der Waals surface area contributed by atoms with E-state index in [-0.39, 0.29) is 0 Å². The first-order chi connectivity index (χ1) is 16.1. The highest BCUT2D eigenvalue weighted by Crippen LogP contribution is 2.43. The molecule has 1 aromatic heterocycles. The Hall–Kier alpha value is -2.40. The average molecular weight is 459 g/mol. The number of hydrogen-bond acceptors (Lipinski definition) is 5. The summed E-state index contributed by atoms with van der Waals surface area (Å²) in [6.07, 6.45) is 9.89. The molecule has 0 spiro atoms. The fourth-order valence-electron chi connectivity index (χ4n) is 7.27. The van der Waals surface area contributed by atoms with E-state index in [1.54, 1.807) is 0 Å². The molecule has 0 N–H and O–H groups in total. The van der Waals surface area contributed by atoms with Crippen molar-refractivity contribution in [3.63, 3.8) is 0 Å². The molecular formula is C28H30N2O2S. The van der Waals surface area contributed by atoms with Gasteiger partial charge in [0.05, 0.1) is 0 Å². The van der Waals surface area contributed by atoms with Crippen molar-refractivity contribution in [2.24, 2.45) is 0 Å². The lowest BCUT2D eigenvalue weighted by atomic mass is 9.83. The molecule has 4 fully saturated rings. The first-order valence-electron chi connectivity index (χ1n) is 12.7. The lowest BCUT2D eigenvalue weighted by molar-refractivity contribution is -0.122. The second-order valence-corrected chi connectivity index (χ2v) is 11.7. The Morgan fingerprint density at radius 2 is 1.00 bits per heavy atom. The standard InChI is InChI=1S/C28H30N2O2S/c31-23-11-17-3-1-4-18(12-23)29(17)21-7-9-25-26-10-8-22(16-28(26)33-27(25)15-21)30-19-5-2-6-20(30)14-24(32)13-19/h7-10,15-20H,1-6,11-14H2/t17-,18+,19-,20+. The number of carbonyl (C=O) groups excluding carboxylic acids is 2. The van der Waals surface area contributed by atoms with Crippen LogP contribution in [0.5, 0.6) is 0 Å². The molecule has 0 radical (unpaired) electrons. The molecule has 5 heterocycles. The van der Waals surface area contributed by atoms with Crippen LogP contribution in [0.25, 0.3) is 20.2 Å². The maximum Gasteiger partial charge on any atom is 0.137 e. The second kappa shape index (κ2) is 7.56. The van der Waals surface area contributed by atoms with Gasteiger partial charge in [-0.15, -0.1) is 11.3 Å². The molecule has 5 heteroatoms. The maximum atomic E-state index is 12.2. The van der Waals surface area contributed by atoms with Crippen molar-refractivity contribution < 1.29 is 9.59 Å². The van der Waals surface area contributed by atoms with Gasteiger partial charge < -0.3 is 9.80 Å². The topological polar surface area (TPSA) is 40.6 Å². The minimum absolute atomic E-state index is 0.379. The molecule has 3 aromatic rings. The predicted molar refractivity (Wildman–Crippen MR) is 136 cm³/mol. The molecule has 0 amide bonds. The van der Waals surface area contributed by atoms with Crippen molar-refractivity contribution in [2.45, 2.75) is 88.4 Å². The zero-order valence-corrected chi connectivity index (χ0v) is 19.8. The van der Waals surface area contributed by atoms with Gasteiger partial charge in [0.1, 0.15) is 11.6 Å². The van der Waals surface area contributed by atoms with Gasteiger partial charge in [-0.3, -0.25) is 9.59 Å². The second-order valence-electron chi connectivity index (χ2n) is 10.6. The van der Waals surface area contributed by atoms with E-state index in [0.29, 0.717) is 61.4 Å². The number of hydrogen-bond donors (Lipinski definition) is 0. The summed E-state index contributed by atoms with van der Waals surface area (Å²) in [5.74, 6) is 0.890. The van der Waals surface area contributed by atoms with Gasteiger partial charge in [0.25, 0.3) is 0 Å². The molecule has 4 aliphatic rings. The zero-order chi connectivity index (χ0) is 22.1. The van der Waals surface area contributed by atoms with E-state index in [4.69, 9.17) is 0 Å². The van der Waals surface area contributed by atoms with Crippen LogP contribution in [0.4, 0.5) is 11.4 Å². The monoisotopic (exact) mass is 458 g/mol. The summed E-state index contributed by atoms with van der Waals surface area (Å²) in [4.78, 5) is 29.5. The Balaban J connectivity index is 1.26. The molecule has 33 heavy (non-hydrogen) atoms. The highest BCUT2D eigenvalue weighted by molar-refractivity contribution is 7.25. The Kier molecular flexibility index (Phi) is 4.58. The number of benzene rings is 2. The molecule has 4 bridgehead atoms. The third kappa shape index (κ3) is 3.23. The fraction of sp³-hybridized carbons (Fsp3) is 0.500. The Labute approximate surface area is 198 Å². The highest BCUT2D eigenvalue weighted by Gasteiger charge is 2.39. The Bertz CT molecular complexity index is 1150. The summed E-state index contributed by atoms with van der Waals surface area (Å²) in [7, 11) is 0. The predicted octanol–water partition coefficient (Wildman–Crippen LogP) is 6.24. The van der Waals surface area contributed by atoms with Gasteiger partial charge in [0.2, 0.25) is 0 Å². The van der Waals surface area contributed by atoms with Crippen LogP contribution in [-0.2, 0) is 9.59 Å². The van der Waals surface area contributed by atoms with E-state index >= 15 is 0 Å². The molecule has 4 aliphatic heterocycles. The van der Waals surface area contributed by atoms with Crippen molar-refractivity contribution in [3.05, 3.63) is 36.4 Å². The van der Waals surface area contributed by atoms with E-state index in [2.05, 4.69) is 46.2 Å². The lowest BCUT2D eigenvalue weighted by Crippen LogP contribution is -2.52. The third-order valence-corrected chi connectivity index (χ3v) is 9.73. The number of piperidine rings is 4. The van der Waals surface area contributed by atoms with Crippen molar-refractivity contribution in [1.29, 1.82) is 0 Å². The van der Waals surface area contributed by atoms with Crippen LogP contribution in [0, 0.1) is 0 Å². The van der Waals surface area contributed by atoms with Gasteiger partial charge in [0, 0.05) is 81.4 Å². The molecule has 4 saturated heterocycles. The van der Waals surface area contributed by atoms with Gasteiger partial charge in [-0.25, -0.2) is 0 Å². The van der Waals surface area contributed by atoms with E-state index in [1.165, 1.54) is 44.4 Å². The lowest BCUT2D eigenvalue weighted by Gasteiger charge is -2.47. The SMILES string of the molecule is O=C1C[C@H]2CCC[C@@H](C1)N2c1ccc2c(c1)sc1cc(N3[C@@H]4CCC[C@H]3CC(=O)C4)ccc12. The van der Waals surface area contributed by atoms with Crippen LogP contribution in [0.2, 0.25) is 0 Å². The van der Waals surface area contributed by atoms with Crippen molar-refractivity contribution >= 4 is 54.5 Å². The van der Waals surface area contributed by atoms with Gasteiger partial charge in [-0.2, -0.15) is 0 Å². The number of ketones is 2. The number of Topliss-reactive ketones (excluding diaryl/α,β-unsaturated/α-hetero) is 2.